The van der Waals surface area contributed by atoms with Gasteiger partial charge in [0.15, 0.2) is 5.78 Å². The lowest BCUT2D eigenvalue weighted by molar-refractivity contribution is 0.0954. The van der Waals surface area contributed by atoms with Gasteiger partial charge in [0, 0.05) is 18.5 Å². The van der Waals surface area contributed by atoms with Gasteiger partial charge in [0.1, 0.15) is 11.4 Å². The molecule has 124 valence electrons. The van der Waals surface area contributed by atoms with Crippen molar-refractivity contribution in [2.24, 2.45) is 0 Å². The van der Waals surface area contributed by atoms with Crippen LogP contribution in [0.5, 0.6) is 0 Å². The molecule has 2 aromatic carbocycles. The average Bonchev–Trinajstić information content (AvgIpc) is 2.61. The summed E-state index contributed by atoms with van der Waals surface area (Å²) < 4.78 is 13.3. The number of aromatic amines is 1. The van der Waals surface area contributed by atoms with Crippen molar-refractivity contribution in [2.75, 3.05) is 11.4 Å². The highest BCUT2D eigenvalue weighted by Gasteiger charge is 2.29. The first kappa shape index (κ1) is 15.3. The van der Waals surface area contributed by atoms with E-state index in [0.717, 1.165) is 0 Å². The minimum atomic E-state index is -0.586. The van der Waals surface area contributed by atoms with Gasteiger partial charge >= 0.3 is 0 Å². The molecule has 6 heteroatoms. The van der Waals surface area contributed by atoms with Gasteiger partial charge < -0.3 is 9.88 Å². The second-order valence-electron chi connectivity index (χ2n) is 5.89. The summed E-state index contributed by atoms with van der Waals surface area (Å²) in [4.78, 5) is 41.2. The van der Waals surface area contributed by atoms with E-state index in [1.54, 1.807) is 24.3 Å². The fourth-order valence-corrected chi connectivity index (χ4v) is 3.10. The number of hydrogen-bond acceptors (Lipinski definition) is 3. The van der Waals surface area contributed by atoms with E-state index in [0.29, 0.717) is 22.2 Å². The number of H-pyrrole nitrogens is 1. The van der Waals surface area contributed by atoms with Crippen LogP contribution in [0.15, 0.2) is 53.3 Å². The molecule has 0 aliphatic carbocycles. The van der Waals surface area contributed by atoms with Crippen molar-refractivity contribution < 1.29 is 14.0 Å². The number of carbonyl (C=O) groups is 2. The fourth-order valence-electron chi connectivity index (χ4n) is 3.10. The monoisotopic (exact) mass is 336 g/mol. The predicted octanol–water partition coefficient (Wildman–Crippen LogP) is 2.90. The third-order valence-corrected chi connectivity index (χ3v) is 4.34. The molecule has 1 aromatic heterocycles. The molecular formula is C19H13FN2O3. The number of nitrogens with one attached hydrogen (secondary N) is 1. The van der Waals surface area contributed by atoms with E-state index in [9.17, 15) is 18.8 Å². The van der Waals surface area contributed by atoms with Crippen LogP contribution >= 0.6 is 0 Å². The van der Waals surface area contributed by atoms with E-state index in [1.807, 2.05) is 0 Å². The van der Waals surface area contributed by atoms with E-state index >= 15 is 0 Å². The molecule has 2 heterocycles. The summed E-state index contributed by atoms with van der Waals surface area (Å²) in [6.07, 6.45) is 0.208. The minimum absolute atomic E-state index is 0.0254. The summed E-state index contributed by atoms with van der Waals surface area (Å²) in [5.41, 5.74) is 0.681. The highest BCUT2D eigenvalue weighted by molar-refractivity contribution is 6.13. The maximum absolute atomic E-state index is 13.3. The molecule has 0 saturated carbocycles. The van der Waals surface area contributed by atoms with Crippen molar-refractivity contribution in [3.63, 3.8) is 0 Å². The number of rotatable bonds is 1. The van der Waals surface area contributed by atoms with Gasteiger partial charge in [-0.1, -0.05) is 12.1 Å². The lowest BCUT2D eigenvalue weighted by Gasteiger charge is -2.28. The molecule has 4 rings (SSSR count). The molecule has 1 aliphatic heterocycles. The second kappa shape index (κ2) is 5.66. The molecule has 0 bridgehead atoms. The summed E-state index contributed by atoms with van der Waals surface area (Å²) in [7, 11) is 0. The minimum Gasteiger partial charge on any atom is -0.321 e. The Hall–Kier alpha value is -3.28. The number of anilines is 1. The van der Waals surface area contributed by atoms with Gasteiger partial charge in [-0.2, -0.15) is 0 Å². The number of fused-ring (bicyclic) bond motifs is 2. The van der Waals surface area contributed by atoms with Crippen LogP contribution in [0.4, 0.5) is 10.1 Å². The number of nitrogens with zero attached hydrogens (tertiary/aromatic N) is 1. The van der Waals surface area contributed by atoms with Gasteiger partial charge in [-0.3, -0.25) is 14.4 Å². The van der Waals surface area contributed by atoms with Crippen LogP contribution in [-0.2, 0) is 0 Å². The molecule has 5 nitrogen and oxygen atoms in total. The zero-order valence-electron chi connectivity index (χ0n) is 13.1. The highest BCUT2D eigenvalue weighted by atomic mass is 19.1. The van der Waals surface area contributed by atoms with Crippen molar-refractivity contribution in [1.82, 2.24) is 4.98 Å². The number of carbonyl (C=O) groups excluding carboxylic acids is 2. The second-order valence-corrected chi connectivity index (χ2v) is 5.89. The van der Waals surface area contributed by atoms with Crippen molar-refractivity contribution >= 4 is 28.3 Å². The van der Waals surface area contributed by atoms with Gasteiger partial charge in [-0.25, -0.2) is 4.39 Å². The number of halogens is 1. The van der Waals surface area contributed by atoms with Gasteiger partial charge in [0.25, 0.3) is 11.5 Å². The standard InChI is InChI=1S/C19H13FN2O3/c20-12-6-5-11-9-14(18(24)21-15(11)10-12)19(25)22-8-7-17(23)13-3-1-2-4-16(13)22/h1-6,9-10H,7-8H2,(H,21,24). The Balaban J connectivity index is 1.82. The first-order valence-corrected chi connectivity index (χ1v) is 7.81. The lowest BCUT2D eigenvalue weighted by atomic mass is 9.99. The Labute approximate surface area is 141 Å². The number of pyridine rings is 1. The van der Waals surface area contributed by atoms with E-state index in [2.05, 4.69) is 4.98 Å². The van der Waals surface area contributed by atoms with Crippen LogP contribution < -0.4 is 10.5 Å². The Bertz CT molecular complexity index is 1090. The number of aromatic nitrogens is 1. The van der Waals surface area contributed by atoms with Crippen molar-refractivity contribution in [2.45, 2.75) is 6.42 Å². The van der Waals surface area contributed by atoms with E-state index in [4.69, 9.17) is 0 Å². The fraction of sp³-hybridized carbons (Fsp3) is 0.105. The molecule has 0 spiro atoms. The summed E-state index contributed by atoms with van der Waals surface area (Å²) in [6, 6.07) is 12.3. The van der Waals surface area contributed by atoms with Crippen molar-refractivity contribution in [3.8, 4) is 0 Å². The van der Waals surface area contributed by atoms with Crippen molar-refractivity contribution in [1.29, 1.82) is 0 Å². The van der Waals surface area contributed by atoms with E-state index < -0.39 is 17.3 Å². The largest absolute Gasteiger partial charge is 0.321 e. The normalized spacial score (nSPS) is 13.8. The van der Waals surface area contributed by atoms with Crippen LogP contribution in [-0.4, -0.2) is 23.2 Å². The molecule has 0 radical (unpaired) electrons. The van der Waals surface area contributed by atoms with E-state index in [1.165, 1.54) is 29.2 Å². The molecule has 0 fully saturated rings. The first-order chi connectivity index (χ1) is 12.0. The predicted molar refractivity (Wildman–Crippen MR) is 91.6 cm³/mol. The maximum Gasteiger partial charge on any atom is 0.263 e. The molecule has 0 unspecified atom stereocenters. The third-order valence-electron chi connectivity index (χ3n) is 4.34. The Kier molecular flexibility index (Phi) is 3.46. The number of Topliss-reactive ketones (excluding diaryl/α,β-unsaturated/α-hetero) is 1. The van der Waals surface area contributed by atoms with Crippen molar-refractivity contribution in [3.05, 3.63) is 75.8 Å². The number of amides is 1. The summed E-state index contributed by atoms with van der Waals surface area (Å²) >= 11 is 0. The quantitative estimate of drug-likeness (QED) is 0.743. The van der Waals surface area contributed by atoms with Crippen LogP contribution in [0, 0.1) is 5.82 Å². The maximum atomic E-state index is 13.3. The number of ketones is 1. The summed E-state index contributed by atoms with van der Waals surface area (Å²) in [5.74, 6) is -0.972. The van der Waals surface area contributed by atoms with Gasteiger partial charge in [-0.05, 0) is 41.8 Å². The first-order valence-electron chi connectivity index (χ1n) is 7.81. The zero-order chi connectivity index (χ0) is 17.6. The third kappa shape index (κ3) is 2.52. The molecule has 1 aliphatic rings. The molecule has 0 saturated heterocycles. The number of hydrogen-bond donors (Lipinski definition) is 1. The van der Waals surface area contributed by atoms with Crippen LogP contribution in [0.1, 0.15) is 27.1 Å². The van der Waals surface area contributed by atoms with Gasteiger partial charge in [0.2, 0.25) is 0 Å². The summed E-state index contributed by atoms with van der Waals surface area (Å²) in [5, 5.41) is 0.561. The molecule has 25 heavy (non-hydrogen) atoms. The van der Waals surface area contributed by atoms with E-state index in [-0.39, 0.29) is 24.3 Å². The number of para-hydroxylation sites is 1. The smallest absolute Gasteiger partial charge is 0.263 e. The van der Waals surface area contributed by atoms with Crippen LogP contribution in [0.3, 0.4) is 0 Å². The molecule has 1 amide bonds. The topological polar surface area (TPSA) is 70.2 Å². The van der Waals surface area contributed by atoms with Crippen LogP contribution in [0.25, 0.3) is 10.9 Å². The average molecular weight is 336 g/mol. The Morgan fingerprint density at radius 2 is 1.88 bits per heavy atom. The Morgan fingerprint density at radius 1 is 1.08 bits per heavy atom. The molecule has 1 N–H and O–H groups in total. The highest BCUT2D eigenvalue weighted by Crippen LogP contribution is 2.28. The number of benzene rings is 2. The van der Waals surface area contributed by atoms with Crippen LogP contribution in [0.2, 0.25) is 0 Å². The molecule has 3 aromatic rings. The summed E-state index contributed by atoms with van der Waals surface area (Å²) in [6.45, 7) is 0.218. The lowest BCUT2D eigenvalue weighted by Crippen LogP contribution is -2.39. The zero-order valence-corrected chi connectivity index (χ0v) is 13.1. The molecule has 0 atom stereocenters. The Morgan fingerprint density at radius 3 is 2.72 bits per heavy atom. The van der Waals surface area contributed by atoms with Gasteiger partial charge in [0.05, 0.1) is 11.2 Å². The SMILES string of the molecule is O=C1CCN(C(=O)c2cc3ccc(F)cc3[nH]c2=O)c2ccccc21. The molecular weight excluding hydrogens is 323 g/mol. The van der Waals surface area contributed by atoms with Gasteiger partial charge in [-0.15, -0.1) is 0 Å².